The minimum atomic E-state index is -1.05. The smallest absolute Gasteiger partial charge is 0.303 e. The van der Waals surface area contributed by atoms with E-state index < -0.39 is 23.7 Å². The molecule has 12 nitrogen and oxygen atoms in total. The Kier molecular flexibility index (Phi) is 11.1. The molecule has 0 saturated heterocycles. The monoisotopic (exact) mass is 378 g/mol. The number of rotatable bonds is 12. The van der Waals surface area contributed by atoms with E-state index in [0.29, 0.717) is 15.2 Å². The number of hydrogen-bond acceptors (Lipinski definition) is 8. The van der Waals surface area contributed by atoms with Crippen LogP contribution in [-0.4, -0.2) is 104 Å². The summed E-state index contributed by atoms with van der Waals surface area (Å²) in [5, 5.41) is 38.3. The first-order chi connectivity index (χ1) is 12.0. The fourth-order valence-corrected chi connectivity index (χ4v) is 1.83. The lowest BCUT2D eigenvalue weighted by Gasteiger charge is -2.26. The van der Waals surface area contributed by atoms with Crippen molar-refractivity contribution < 1.29 is 39.9 Å². The third-order valence-corrected chi connectivity index (χ3v) is 3.39. The lowest BCUT2D eigenvalue weighted by molar-refractivity contribution is -0.170. The average molecular weight is 378 g/mol. The molecule has 0 aromatic carbocycles. The van der Waals surface area contributed by atoms with Crippen LogP contribution in [0.5, 0.6) is 0 Å². The predicted octanol–water partition coefficient (Wildman–Crippen LogP) is -1.15. The van der Waals surface area contributed by atoms with Crippen LogP contribution < -0.4 is 0 Å². The number of nitrogens with zero attached hydrogens (tertiary/aromatic N) is 4. The maximum absolute atomic E-state index is 12.0. The summed E-state index contributed by atoms with van der Waals surface area (Å²) >= 11 is 0. The Morgan fingerprint density at radius 3 is 1.58 bits per heavy atom. The lowest BCUT2D eigenvalue weighted by Crippen LogP contribution is -2.45. The van der Waals surface area contributed by atoms with Crippen LogP contribution in [0.2, 0.25) is 0 Å². The maximum atomic E-state index is 12.0. The van der Waals surface area contributed by atoms with Crippen molar-refractivity contribution in [3.05, 3.63) is 0 Å². The molecule has 0 aliphatic heterocycles. The number of hydrogen-bond donors (Lipinski definition) is 4. The van der Waals surface area contributed by atoms with Crippen LogP contribution >= 0.6 is 0 Å². The highest BCUT2D eigenvalue weighted by Gasteiger charge is 2.18. The minimum absolute atomic E-state index is 0.0382. The van der Waals surface area contributed by atoms with E-state index in [-0.39, 0.29) is 52.1 Å². The van der Waals surface area contributed by atoms with E-state index in [4.69, 9.17) is 5.11 Å². The van der Waals surface area contributed by atoms with Gasteiger partial charge >= 0.3 is 5.97 Å². The van der Waals surface area contributed by atoms with Gasteiger partial charge in [0.05, 0.1) is 19.6 Å². The Morgan fingerprint density at radius 1 is 0.731 bits per heavy atom. The molecule has 0 unspecified atom stereocenters. The molecule has 0 rings (SSSR count). The topological polar surface area (TPSA) is 162 Å². The Morgan fingerprint density at radius 2 is 1.19 bits per heavy atom. The maximum Gasteiger partial charge on any atom is 0.303 e. The number of carbonyl (C=O) groups excluding carboxylic acids is 3. The van der Waals surface area contributed by atoms with Gasteiger partial charge in [-0.3, -0.25) is 39.7 Å². The molecule has 0 atom stereocenters. The molecule has 0 aromatic heterocycles. The second-order valence-corrected chi connectivity index (χ2v) is 5.57. The molecule has 0 aliphatic rings. The average Bonchev–Trinajstić information content (AvgIpc) is 2.55. The molecular weight excluding hydrogens is 352 g/mol. The van der Waals surface area contributed by atoms with Gasteiger partial charge in [0.1, 0.15) is 0 Å². The van der Waals surface area contributed by atoms with Gasteiger partial charge in [0, 0.05) is 39.9 Å². The van der Waals surface area contributed by atoms with E-state index in [1.54, 1.807) is 0 Å². The van der Waals surface area contributed by atoms with Gasteiger partial charge in [0.25, 0.3) is 5.91 Å². The fourth-order valence-electron chi connectivity index (χ4n) is 1.83. The second-order valence-electron chi connectivity index (χ2n) is 5.57. The van der Waals surface area contributed by atoms with Gasteiger partial charge in [0.15, 0.2) is 0 Å². The Hall–Kier alpha value is -2.28. The van der Waals surface area contributed by atoms with Gasteiger partial charge in [-0.25, -0.2) is 15.2 Å². The summed E-state index contributed by atoms with van der Waals surface area (Å²) in [7, 11) is 0. The molecule has 0 fully saturated rings. The van der Waals surface area contributed by atoms with Crippen molar-refractivity contribution in [3.63, 3.8) is 0 Å². The molecule has 0 radical (unpaired) electrons. The van der Waals surface area contributed by atoms with Crippen molar-refractivity contribution in [1.29, 1.82) is 0 Å². The fraction of sp³-hybridized carbons (Fsp3) is 0.714. The largest absolute Gasteiger partial charge is 0.481 e. The summed E-state index contributed by atoms with van der Waals surface area (Å²) in [6.45, 7) is 1.64. The van der Waals surface area contributed by atoms with E-state index in [1.165, 1.54) is 4.90 Å². The zero-order valence-electron chi connectivity index (χ0n) is 14.9. The zero-order valence-corrected chi connectivity index (χ0v) is 14.9. The zero-order chi connectivity index (χ0) is 20.3. The van der Waals surface area contributed by atoms with Crippen molar-refractivity contribution in [1.82, 2.24) is 20.1 Å². The van der Waals surface area contributed by atoms with Crippen molar-refractivity contribution in [3.8, 4) is 0 Å². The minimum Gasteiger partial charge on any atom is -0.481 e. The summed E-state index contributed by atoms with van der Waals surface area (Å²) in [5.41, 5.74) is 0. The van der Waals surface area contributed by atoms with Gasteiger partial charge in [-0.2, -0.15) is 0 Å². The first kappa shape index (κ1) is 23.7. The molecule has 0 aromatic rings. The molecule has 0 saturated carbocycles. The highest BCUT2D eigenvalue weighted by Crippen LogP contribution is 1.98. The van der Waals surface area contributed by atoms with Crippen LogP contribution in [0.15, 0.2) is 0 Å². The van der Waals surface area contributed by atoms with Crippen molar-refractivity contribution in [2.24, 2.45) is 0 Å². The van der Waals surface area contributed by atoms with Crippen molar-refractivity contribution in [2.75, 3.05) is 39.3 Å². The standard InChI is InChI=1S/C14H26N4O8/c1-11(19)16(24)8-6-15(7-9-17(25)12(2)20)10-13(21)18(26)5-3-4-14(22)23/h24-26H,3-10H2,1-2H3,(H,22,23). The number of hydroxylamine groups is 6. The Balaban J connectivity index is 4.64. The SMILES string of the molecule is CC(=O)N(O)CCN(CCN(O)C(C)=O)CC(=O)N(O)CCCC(=O)O. The summed E-state index contributed by atoms with van der Waals surface area (Å²) in [6, 6.07) is 0. The number of carboxylic acid groups (broad SMARTS) is 1. The molecule has 4 N–H and O–H groups in total. The summed E-state index contributed by atoms with van der Waals surface area (Å²) in [6.07, 6.45) is -0.134. The van der Waals surface area contributed by atoms with Gasteiger partial charge in [0.2, 0.25) is 11.8 Å². The lowest BCUT2D eigenvalue weighted by atomic mass is 10.3. The Labute approximate surface area is 150 Å². The molecule has 3 amide bonds. The van der Waals surface area contributed by atoms with Crippen LogP contribution in [0.3, 0.4) is 0 Å². The molecule has 150 valence electrons. The normalized spacial score (nSPS) is 10.5. The number of amides is 3. The van der Waals surface area contributed by atoms with Crippen LogP contribution in [0, 0.1) is 0 Å². The summed E-state index contributed by atoms with van der Waals surface area (Å²) in [4.78, 5) is 45.9. The third-order valence-electron chi connectivity index (χ3n) is 3.39. The predicted molar refractivity (Wildman–Crippen MR) is 85.2 cm³/mol. The molecule has 0 spiro atoms. The van der Waals surface area contributed by atoms with E-state index in [0.717, 1.165) is 13.8 Å². The first-order valence-electron chi connectivity index (χ1n) is 7.92. The highest BCUT2D eigenvalue weighted by molar-refractivity contribution is 5.77. The van der Waals surface area contributed by atoms with Gasteiger partial charge in [-0.1, -0.05) is 0 Å². The van der Waals surface area contributed by atoms with Crippen molar-refractivity contribution >= 4 is 23.7 Å². The van der Waals surface area contributed by atoms with Crippen LogP contribution in [0.1, 0.15) is 26.7 Å². The van der Waals surface area contributed by atoms with Gasteiger partial charge in [-0.05, 0) is 6.42 Å². The molecule has 0 heterocycles. The first-order valence-corrected chi connectivity index (χ1v) is 7.92. The molecule has 26 heavy (non-hydrogen) atoms. The van der Waals surface area contributed by atoms with E-state index in [2.05, 4.69) is 0 Å². The van der Waals surface area contributed by atoms with E-state index in [1.807, 2.05) is 0 Å². The van der Waals surface area contributed by atoms with E-state index in [9.17, 15) is 34.8 Å². The molecule has 0 bridgehead atoms. The quantitative estimate of drug-likeness (QED) is 0.242. The van der Waals surface area contributed by atoms with E-state index >= 15 is 0 Å². The van der Waals surface area contributed by atoms with Crippen LogP contribution in [-0.2, 0) is 19.2 Å². The number of carboxylic acids is 1. The third kappa shape index (κ3) is 10.6. The second kappa shape index (κ2) is 12.1. The Bertz CT molecular complexity index is 477. The summed E-state index contributed by atoms with van der Waals surface area (Å²) < 4.78 is 0. The molecular formula is C14H26N4O8. The molecule has 12 heteroatoms. The van der Waals surface area contributed by atoms with Gasteiger partial charge < -0.3 is 5.11 Å². The summed E-state index contributed by atoms with van der Waals surface area (Å²) in [5.74, 6) is -2.97. The molecule has 0 aliphatic carbocycles. The van der Waals surface area contributed by atoms with Crippen molar-refractivity contribution in [2.45, 2.75) is 26.7 Å². The van der Waals surface area contributed by atoms with Crippen LogP contribution in [0.4, 0.5) is 0 Å². The number of carbonyl (C=O) groups is 4. The van der Waals surface area contributed by atoms with Crippen LogP contribution in [0.25, 0.3) is 0 Å². The number of aliphatic carboxylic acids is 1. The van der Waals surface area contributed by atoms with Gasteiger partial charge in [-0.15, -0.1) is 0 Å². The highest BCUT2D eigenvalue weighted by atomic mass is 16.5.